The molecule has 0 aliphatic heterocycles. The zero-order valence-electron chi connectivity index (χ0n) is 7.03. The van der Waals surface area contributed by atoms with E-state index < -0.39 is 0 Å². The Labute approximate surface area is 65.8 Å². The monoisotopic (exact) mass is 155 g/mol. The lowest BCUT2D eigenvalue weighted by molar-refractivity contribution is 0.252. The van der Waals surface area contributed by atoms with E-state index in [9.17, 15) is 0 Å². The summed E-state index contributed by atoms with van der Waals surface area (Å²) in [5.74, 6) is 0.498. The van der Waals surface area contributed by atoms with E-state index in [0.717, 1.165) is 0 Å². The van der Waals surface area contributed by atoms with Crippen molar-refractivity contribution in [2.45, 2.75) is 26.8 Å². The van der Waals surface area contributed by atoms with E-state index in [2.05, 4.69) is 10.1 Å². The predicted octanol–water partition coefficient (Wildman–Crippen LogP) is 1.12. The maximum absolute atomic E-state index is 5.82. The van der Waals surface area contributed by atoms with Crippen LogP contribution in [0.1, 0.15) is 32.7 Å². The maximum atomic E-state index is 5.82. The molecule has 0 fully saturated rings. The molecule has 4 heteroatoms. The molecule has 1 unspecified atom stereocenters. The third-order valence-electron chi connectivity index (χ3n) is 1.58. The van der Waals surface area contributed by atoms with Gasteiger partial charge in [0.1, 0.15) is 0 Å². The van der Waals surface area contributed by atoms with Gasteiger partial charge in [-0.05, 0) is 5.41 Å². The molecule has 0 radical (unpaired) electrons. The minimum atomic E-state index is -0.190. The molecule has 0 aliphatic carbocycles. The highest BCUT2D eigenvalue weighted by atomic mass is 16.5. The molecule has 0 saturated heterocycles. The fourth-order valence-corrected chi connectivity index (χ4v) is 0.689. The van der Waals surface area contributed by atoms with Crippen LogP contribution in [0.3, 0.4) is 0 Å². The van der Waals surface area contributed by atoms with Crippen molar-refractivity contribution >= 4 is 0 Å². The molecule has 2 N–H and O–H groups in total. The summed E-state index contributed by atoms with van der Waals surface area (Å²) in [6.45, 7) is 6.09. The summed E-state index contributed by atoms with van der Waals surface area (Å²) < 4.78 is 4.84. The Morgan fingerprint density at radius 1 is 1.55 bits per heavy atom. The predicted molar refractivity (Wildman–Crippen MR) is 40.7 cm³/mol. The molecule has 4 nitrogen and oxygen atoms in total. The number of hydrogen-bond acceptors (Lipinski definition) is 4. The summed E-state index contributed by atoms with van der Waals surface area (Å²) in [7, 11) is 0. The molecule has 1 rings (SSSR count). The summed E-state index contributed by atoms with van der Waals surface area (Å²) in [4.78, 5) is 3.88. The van der Waals surface area contributed by atoms with Gasteiger partial charge in [-0.2, -0.15) is 4.98 Å². The Balaban J connectivity index is 2.78. The zero-order chi connectivity index (χ0) is 8.48. The van der Waals surface area contributed by atoms with Gasteiger partial charge in [0, 0.05) is 0 Å². The average Bonchev–Trinajstić information content (AvgIpc) is 2.34. The summed E-state index contributed by atoms with van der Waals surface area (Å²) in [5.41, 5.74) is 5.79. The Morgan fingerprint density at radius 2 is 2.18 bits per heavy atom. The molecule has 0 amide bonds. The normalized spacial score (nSPS) is 14.9. The highest BCUT2D eigenvalue weighted by Crippen LogP contribution is 2.28. The van der Waals surface area contributed by atoms with E-state index in [1.165, 1.54) is 6.33 Å². The van der Waals surface area contributed by atoms with E-state index in [1.807, 2.05) is 20.8 Å². The van der Waals surface area contributed by atoms with Crippen LogP contribution in [0.25, 0.3) is 0 Å². The second kappa shape index (κ2) is 2.62. The molecule has 0 aromatic carbocycles. The van der Waals surface area contributed by atoms with Crippen LogP contribution in [0.4, 0.5) is 0 Å². The highest BCUT2D eigenvalue weighted by molar-refractivity contribution is 4.91. The van der Waals surface area contributed by atoms with Gasteiger partial charge in [-0.1, -0.05) is 25.9 Å². The molecule has 1 heterocycles. The van der Waals surface area contributed by atoms with Crippen LogP contribution in [0.2, 0.25) is 0 Å². The van der Waals surface area contributed by atoms with Crippen LogP contribution >= 0.6 is 0 Å². The van der Waals surface area contributed by atoms with Crippen molar-refractivity contribution in [3.05, 3.63) is 12.2 Å². The summed E-state index contributed by atoms with van der Waals surface area (Å²) in [5, 5.41) is 3.49. The molecule has 0 bridgehead atoms. The minimum Gasteiger partial charge on any atom is -0.338 e. The molecular formula is C7H13N3O. The Bertz CT molecular complexity index is 212. The van der Waals surface area contributed by atoms with Gasteiger partial charge in [0.05, 0.1) is 6.04 Å². The second-order valence-corrected chi connectivity index (χ2v) is 3.62. The maximum Gasteiger partial charge on any atom is 0.243 e. The summed E-state index contributed by atoms with van der Waals surface area (Å²) >= 11 is 0. The minimum absolute atomic E-state index is 0.0352. The number of nitrogens with two attached hydrogens (primary N) is 1. The molecule has 0 spiro atoms. The van der Waals surface area contributed by atoms with Gasteiger partial charge in [-0.3, -0.25) is 0 Å². The molecular weight excluding hydrogens is 142 g/mol. The van der Waals surface area contributed by atoms with Crippen LogP contribution in [0.5, 0.6) is 0 Å². The van der Waals surface area contributed by atoms with E-state index in [4.69, 9.17) is 10.3 Å². The van der Waals surface area contributed by atoms with Gasteiger partial charge in [0.15, 0.2) is 6.33 Å². The van der Waals surface area contributed by atoms with Gasteiger partial charge in [-0.15, -0.1) is 0 Å². The average molecular weight is 155 g/mol. The third kappa shape index (κ3) is 1.77. The first-order chi connectivity index (χ1) is 5.02. The van der Waals surface area contributed by atoms with Crippen LogP contribution in [0, 0.1) is 5.41 Å². The lowest BCUT2D eigenvalue weighted by Crippen LogP contribution is -2.26. The Kier molecular flexibility index (Phi) is 1.95. The topological polar surface area (TPSA) is 64.9 Å². The van der Waals surface area contributed by atoms with E-state index in [-0.39, 0.29) is 11.5 Å². The third-order valence-corrected chi connectivity index (χ3v) is 1.58. The van der Waals surface area contributed by atoms with Crippen molar-refractivity contribution in [3.8, 4) is 0 Å². The van der Waals surface area contributed by atoms with Crippen molar-refractivity contribution in [2.75, 3.05) is 0 Å². The summed E-state index contributed by atoms with van der Waals surface area (Å²) in [6.07, 6.45) is 1.36. The lowest BCUT2D eigenvalue weighted by atomic mass is 9.87. The number of rotatable bonds is 1. The number of nitrogens with zero attached hydrogens (tertiary/aromatic N) is 2. The highest BCUT2D eigenvalue weighted by Gasteiger charge is 2.26. The molecule has 11 heavy (non-hydrogen) atoms. The second-order valence-electron chi connectivity index (χ2n) is 3.62. The van der Waals surface area contributed by atoms with Crippen LogP contribution in [0.15, 0.2) is 10.9 Å². The fourth-order valence-electron chi connectivity index (χ4n) is 0.689. The Morgan fingerprint density at radius 3 is 2.55 bits per heavy atom. The van der Waals surface area contributed by atoms with Crippen molar-refractivity contribution < 1.29 is 4.52 Å². The van der Waals surface area contributed by atoms with Crippen molar-refractivity contribution in [3.63, 3.8) is 0 Å². The van der Waals surface area contributed by atoms with Crippen LogP contribution in [-0.4, -0.2) is 10.1 Å². The molecule has 0 saturated carbocycles. The van der Waals surface area contributed by atoms with E-state index in [0.29, 0.717) is 5.89 Å². The van der Waals surface area contributed by atoms with Gasteiger partial charge in [0.25, 0.3) is 0 Å². The molecule has 1 aromatic heterocycles. The van der Waals surface area contributed by atoms with Gasteiger partial charge in [0.2, 0.25) is 5.89 Å². The van der Waals surface area contributed by atoms with Crippen LogP contribution < -0.4 is 5.73 Å². The number of hydrogen-bond donors (Lipinski definition) is 1. The SMILES string of the molecule is CC(C)(C)C(N)c1ncno1. The molecule has 1 atom stereocenters. The van der Waals surface area contributed by atoms with Crippen LogP contribution in [-0.2, 0) is 0 Å². The molecule has 62 valence electrons. The van der Waals surface area contributed by atoms with Crippen molar-refractivity contribution in [1.82, 2.24) is 10.1 Å². The standard InChI is InChI=1S/C7H13N3O/c1-7(2,3)5(8)6-9-4-10-11-6/h4-5H,8H2,1-3H3. The van der Waals surface area contributed by atoms with E-state index >= 15 is 0 Å². The summed E-state index contributed by atoms with van der Waals surface area (Å²) in [6, 6.07) is -0.190. The van der Waals surface area contributed by atoms with Gasteiger partial charge < -0.3 is 10.3 Å². The first-order valence-electron chi connectivity index (χ1n) is 3.54. The largest absolute Gasteiger partial charge is 0.338 e. The Hall–Kier alpha value is -0.900. The molecule has 0 aliphatic rings. The van der Waals surface area contributed by atoms with Crippen molar-refractivity contribution in [2.24, 2.45) is 11.1 Å². The smallest absolute Gasteiger partial charge is 0.243 e. The van der Waals surface area contributed by atoms with Gasteiger partial charge >= 0.3 is 0 Å². The first-order valence-corrected chi connectivity index (χ1v) is 3.54. The fraction of sp³-hybridized carbons (Fsp3) is 0.714. The molecule has 1 aromatic rings. The first kappa shape index (κ1) is 8.20. The van der Waals surface area contributed by atoms with Crippen molar-refractivity contribution in [1.29, 1.82) is 0 Å². The van der Waals surface area contributed by atoms with E-state index in [1.54, 1.807) is 0 Å². The quantitative estimate of drug-likeness (QED) is 0.659. The zero-order valence-corrected chi connectivity index (χ0v) is 7.03. The lowest BCUT2D eigenvalue weighted by Gasteiger charge is -2.23. The number of aromatic nitrogens is 2. The van der Waals surface area contributed by atoms with Gasteiger partial charge in [-0.25, -0.2) is 0 Å².